The Bertz CT molecular complexity index is 538. The van der Waals surface area contributed by atoms with Gasteiger partial charge in [-0.15, -0.1) is 11.3 Å². The van der Waals surface area contributed by atoms with Crippen LogP contribution in [0.4, 0.5) is 0 Å². The first-order valence-corrected chi connectivity index (χ1v) is 7.74. The van der Waals surface area contributed by atoms with Gasteiger partial charge in [0.15, 0.2) is 5.82 Å². The summed E-state index contributed by atoms with van der Waals surface area (Å²) < 4.78 is 0. The Kier molecular flexibility index (Phi) is 3.84. The molecule has 0 aliphatic heterocycles. The lowest BCUT2D eigenvalue weighted by Gasteiger charge is -2.25. The third-order valence-electron chi connectivity index (χ3n) is 3.48. The molecule has 1 unspecified atom stereocenters. The monoisotopic (exact) mass is 274 g/mol. The maximum absolute atomic E-state index is 4.73. The van der Waals surface area contributed by atoms with Gasteiger partial charge >= 0.3 is 0 Å². The molecule has 2 aromatic heterocycles. The van der Waals surface area contributed by atoms with Gasteiger partial charge in [0.25, 0.3) is 0 Å². The van der Waals surface area contributed by atoms with Gasteiger partial charge in [0.1, 0.15) is 0 Å². The van der Waals surface area contributed by atoms with E-state index in [2.05, 4.69) is 22.2 Å². The molecular formula is C14H18N4S. The Morgan fingerprint density at radius 1 is 1.42 bits per heavy atom. The number of rotatable bonds is 4. The zero-order valence-corrected chi connectivity index (χ0v) is 11.9. The van der Waals surface area contributed by atoms with Crippen molar-refractivity contribution < 1.29 is 0 Å². The van der Waals surface area contributed by atoms with Gasteiger partial charge in [-0.3, -0.25) is 4.98 Å². The molecule has 2 heterocycles. The van der Waals surface area contributed by atoms with Crippen LogP contribution < -0.4 is 5.32 Å². The molecule has 0 aromatic carbocycles. The highest BCUT2D eigenvalue weighted by atomic mass is 32.1. The highest BCUT2D eigenvalue weighted by Crippen LogP contribution is 2.30. The molecule has 100 valence electrons. The van der Waals surface area contributed by atoms with E-state index >= 15 is 0 Å². The van der Waals surface area contributed by atoms with Crippen molar-refractivity contribution in [1.82, 2.24) is 20.3 Å². The summed E-state index contributed by atoms with van der Waals surface area (Å²) in [6.45, 7) is 3.25. The molecule has 1 N–H and O–H groups in total. The molecule has 0 spiro atoms. The van der Waals surface area contributed by atoms with Crippen LogP contribution in [0, 0.1) is 0 Å². The van der Waals surface area contributed by atoms with E-state index in [-0.39, 0.29) is 0 Å². The summed E-state index contributed by atoms with van der Waals surface area (Å²) >= 11 is 1.59. The second-order valence-electron chi connectivity index (χ2n) is 4.86. The van der Waals surface area contributed by atoms with Crippen molar-refractivity contribution >= 4 is 11.3 Å². The summed E-state index contributed by atoms with van der Waals surface area (Å²) in [5, 5.41) is 3.59. The number of hydrogen-bond acceptors (Lipinski definition) is 5. The summed E-state index contributed by atoms with van der Waals surface area (Å²) in [5.41, 5.74) is 4.32. The second kappa shape index (κ2) is 5.75. The van der Waals surface area contributed by atoms with Crippen LogP contribution in [0.25, 0.3) is 10.7 Å². The van der Waals surface area contributed by atoms with Crippen molar-refractivity contribution in [3.8, 4) is 10.7 Å². The second-order valence-corrected chi connectivity index (χ2v) is 5.75. The number of nitrogens with one attached hydrogen (secondary N) is 1. The van der Waals surface area contributed by atoms with Gasteiger partial charge in [-0.05, 0) is 32.2 Å². The fourth-order valence-corrected chi connectivity index (χ4v) is 3.08. The first kappa shape index (κ1) is 12.7. The van der Waals surface area contributed by atoms with E-state index in [0.29, 0.717) is 6.04 Å². The van der Waals surface area contributed by atoms with E-state index in [1.165, 1.54) is 24.1 Å². The van der Waals surface area contributed by atoms with Gasteiger partial charge < -0.3 is 5.32 Å². The Hall–Kier alpha value is -1.33. The lowest BCUT2D eigenvalue weighted by Crippen LogP contribution is -2.26. The molecule has 4 nitrogen and oxygen atoms in total. The molecule has 1 atom stereocenters. The number of aryl methyl sites for hydroxylation is 1. The van der Waals surface area contributed by atoms with Crippen molar-refractivity contribution in [2.45, 2.75) is 38.6 Å². The van der Waals surface area contributed by atoms with E-state index in [4.69, 9.17) is 4.98 Å². The molecule has 3 rings (SSSR count). The number of hydrogen-bond donors (Lipinski definition) is 1. The SMILES string of the molecule is CCCNC1CCCc2nc(-c3cncs3)ncc21. The maximum Gasteiger partial charge on any atom is 0.171 e. The molecule has 19 heavy (non-hydrogen) atoms. The zero-order valence-electron chi connectivity index (χ0n) is 11.1. The molecule has 0 saturated carbocycles. The smallest absolute Gasteiger partial charge is 0.171 e. The molecule has 0 bridgehead atoms. The maximum atomic E-state index is 4.73. The Morgan fingerprint density at radius 2 is 2.37 bits per heavy atom. The van der Waals surface area contributed by atoms with E-state index < -0.39 is 0 Å². The average Bonchev–Trinajstić information content (AvgIpc) is 2.98. The van der Waals surface area contributed by atoms with Crippen molar-refractivity contribution in [3.63, 3.8) is 0 Å². The van der Waals surface area contributed by atoms with Gasteiger partial charge in [-0.1, -0.05) is 6.92 Å². The minimum absolute atomic E-state index is 0.430. The van der Waals surface area contributed by atoms with Crippen LogP contribution in [0.1, 0.15) is 43.5 Å². The molecule has 2 aromatic rings. The number of aromatic nitrogens is 3. The summed E-state index contributed by atoms with van der Waals surface area (Å²) in [6, 6.07) is 0.430. The van der Waals surface area contributed by atoms with Crippen molar-refractivity contribution in [1.29, 1.82) is 0 Å². The molecule has 1 aliphatic rings. The fraction of sp³-hybridized carbons (Fsp3) is 0.500. The Balaban J connectivity index is 1.88. The van der Waals surface area contributed by atoms with Crippen LogP contribution in [0.3, 0.4) is 0 Å². The largest absolute Gasteiger partial charge is 0.310 e. The zero-order chi connectivity index (χ0) is 13.1. The van der Waals surface area contributed by atoms with Gasteiger partial charge in [0.2, 0.25) is 0 Å². The minimum atomic E-state index is 0.430. The average molecular weight is 274 g/mol. The molecule has 5 heteroatoms. The van der Waals surface area contributed by atoms with E-state index in [1.54, 1.807) is 11.3 Å². The quantitative estimate of drug-likeness (QED) is 0.931. The predicted molar refractivity (Wildman–Crippen MR) is 77.1 cm³/mol. The molecule has 0 fully saturated rings. The lowest BCUT2D eigenvalue weighted by molar-refractivity contribution is 0.454. The van der Waals surface area contributed by atoms with E-state index in [9.17, 15) is 0 Å². The van der Waals surface area contributed by atoms with E-state index in [0.717, 1.165) is 30.1 Å². The number of thiazole rings is 1. The predicted octanol–water partition coefficient (Wildman–Crippen LogP) is 2.98. The summed E-state index contributed by atoms with van der Waals surface area (Å²) in [7, 11) is 0. The summed E-state index contributed by atoms with van der Waals surface area (Å²) in [6.07, 6.45) is 8.45. The third kappa shape index (κ3) is 2.67. The summed E-state index contributed by atoms with van der Waals surface area (Å²) in [5.74, 6) is 0.817. The van der Waals surface area contributed by atoms with Crippen molar-refractivity contribution in [3.05, 3.63) is 29.2 Å². The van der Waals surface area contributed by atoms with Crippen LogP contribution in [-0.4, -0.2) is 21.5 Å². The first-order valence-electron chi connectivity index (χ1n) is 6.86. The Morgan fingerprint density at radius 3 is 3.16 bits per heavy atom. The third-order valence-corrected chi connectivity index (χ3v) is 4.24. The van der Waals surface area contributed by atoms with Crippen LogP contribution in [0.15, 0.2) is 17.9 Å². The van der Waals surface area contributed by atoms with Crippen molar-refractivity contribution in [2.24, 2.45) is 0 Å². The van der Waals surface area contributed by atoms with Gasteiger partial charge in [0.05, 0.1) is 10.4 Å². The normalized spacial score (nSPS) is 18.3. The molecule has 0 radical (unpaired) electrons. The van der Waals surface area contributed by atoms with E-state index in [1.807, 2.05) is 17.9 Å². The van der Waals surface area contributed by atoms with Gasteiger partial charge in [0, 0.05) is 29.7 Å². The standard InChI is InChI=1S/C14H18N4S/c1-2-6-16-11-4-3-5-12-10(11)7-17-14(18-12)13-8-15-9-19-13/h7-9,11,16H,2-6H2,1H3. The van der Waals surface area contributed by atoms with Crippen LogP contribution in [0.2, 0.25) is 0 Å². The minimum Gasteiger partial charge on any atom is -0.310 e. The molecule has 0 saturated heterocycles. The highest BCUT2D eigenvalue weighted by Gasteiger charge is 2.21. The summed E-state index contributed by atoms with van der Waals surface area (Å²) in [4.78, 5) is 14.4. The first-order chi connectivity index (χ1) is 9.38. The fourth-order valence-electron chi connectivity index (χ4n) is 2.52. The number of nitrogens with zero attached hydrogens (tertiary/aromatic N) is 3. The van der Waals surface area contributed by atoms with Gasteiger partial charge in [-0.25, -0.2) is 9.97 Å². The number of fused-ring (bicyclic) bond motifs is 1. The molecular weight excluding hydrogens is 256 g/mol. The van der Waals surface area contributed by atoms with Crippen LogP contribution in [0.5, 0.6) is 0 Å². The highest BCUT2D eigenvalue weighted by molar-refractivity contribution is 7.13. The van der Waals surface area contributed by atoms with Crippen molar-refractivity contribution in [2.75, 3.05) is 6.54 Å². The molecule has 1 aliphatic carbocycles. The lowest BCUT2D eigenvalue weighted by atomic mass is 9.92. The van der Waals surface area contributed by atoms with Crippen LogP contribution >= 0.6 is 11.3 Å². The van der Waals surface area contributed by atoms with Gasteiger partial charge in [-0.2, -0.15) is 0 Å². The molecule has 0 amide bonds. The Labute approximate surface area is 117 Å². The van der Waals surface area contributed by atoms with Crippen LogP contribution in [-0.2, 0) is 6.42 Å². The topological polar surface area (TPSA) is 50.7 Å².